The fraction of sp³-hybridized carbons (Fsp3) is 0.529. The molecule has 1 aromatic carbocycles. The van der Waals surface area contributed by atoms with Crippen LogP contribution in [-0.2, 0) is 19.1 Å². The summed E-state index contributed by atoms with van der Waals surface area (Å²) in [7, 11) is 0. The van der Waals surface area contributed by atoms with Crippen molar-refractivity contribution in [1.29, 1.82) is 0 Å². The van der Waals surface area contributed by atoms with Gasteiger partial charge < -0.3 is 9.47 Å². The van der Waals surface area contributed by atoms with Crippen molar-refractivity contribution in [2.24, 2.45) is 5.92 Å². The lowest BCUT2D eigenvalue weighted by molar-refractivity contribution is -0.163. The third-order valence-electron chi connectivity index (χ3n) is 3.23. The van der Waals surface area contributed by atoms with Crippen molar-refractivity contribution in [3.05, 3.63) is 35.9 Å². The van der Waals surface area contributed by atoms with Crippen molar-refractivity contribution in [1.82, 2.24) is 0 Å². The molecule has 0 aromatic heterocycles. The average molecular weight is 292 g/mol. The molecule has 0 saturated heterocycles. The van der Waals surface area contributed by atoms with E-state index in [0.717, 1.165) is 18.4 Å². The molecule has 0 saturated carbocycles. The monoisotopic (exact) mass is 292 g/mol. The van der Waals surface area contributed by atoms with Gasteiger partial charge in [0.15, 0.2) is 5.92 Å². The van der Waals surface area contributed by atoms with Crippen LogP contribution in [-0.4, -0.2) is 25.2 Å². The van der Waals surface area contributed by atoms with Crippen LogP contribution in [0.25, 0.3) is 0 Å². The van der Waals surface area contributed by atoms with Crippen LogP contribution in [0.5, 0.6) is 0 Å². The Bertz CT molecular complexity index is 421. The van der Waals surface area contributed by atoms with Gasteiger partial charge in [-0.15, -0.1) is 0 Å². The minimum Gasteiger partial charge on any atom is -0.465 e. The number of benzene rings is 1. The Hall–Kier alpha value is -1.84. The molecular weight excluding hydrogens is 268 g/mol. The fourth-order valence-electron chi connectivity index (χ4n) is 2.04. The molecule has 0 aliphatic rings. The van der Waals surface area contributed by atoms with E-state index in [4.69, 9.17) is 9.47 Å². The molecule has 0 radical (unpaired) electrons. The van der Waals surface area contributed by atoms with Crippen molar-refractivity contribution in [3.8, 4) is 0 Å². The summed E-state index contributed by atoms with van der Waals surface area (Å²) in [6.07, 6.45) is 1.45. The average Bonchev–Trinajstić information content (AvgIpc) is 2.51. The van der Waals surface area contributed by atoms with Crippen LogP contribution >= 0.6 is 0 Å². The van der Waals surface area contributed by atoms with Crippen molar-refractivity contribution in [2.75, 3.05) is 13.2 Å². The standard InChI is InChI=1S/C17H24O4/c1-4-11-20-16(18)15(17(19)21-12-5-2)13(3)14-9-7-6-8-10-14/h6-10,13,15H,4-5,11-12H2,1-3H3. The van der Waals surface area contributed by atoms with E-state index < -0.39 is 17.9 Å². The van der Waals surface area contributed by atoms with Crippen LogP contribution in [0.4, 0.5) is 0 Å². The Balaban J connectivity index is 2.89. The van der Waals surface area contributed by atoms with E-state index in [0.29, 0.717) is 13.2 Å². The number of rotatable bonds is 8. The zero-order valence-corrected chi connectivity index (χ0v) is 13.0. The Morgan fingerprint density at radius 3 is 1.86 bits per heavy atom. The van der Waals surface area contributed by atoms with Crippen LogP contribution in [0, 0.1) is 5.92 Å². The van der Waals surface area contributed by atoms with Crippen LogP contribution in [0.1, 0.15) is 45.1 Å². The minimum atomic E-state index is -0.912. The van der Waals surface area contributed by atoms with Gasteiger partial charge in [-0.05, 0) is 18.4 Å². The third kappa shape index (κ3) is 5.21. The second-order valence-electron chi connectivity index (χ2n) is 5.01. The molecule has 0 bridgehead atoms. The minimum absolute atomic E-state index is 0.278. The van der Waals surface area contributed by atoms with E-state index in [1.165, 1.54) is 0 Å². The number of ether oxygens (including phenoxy) is 2. The fourth-order valence-corrected chi connectivity index (χ4v) is 2.04. The van der Waals surface area contributed by atoms with E-state index in [-0.39, 0.29) is 5.92 Å². The van der Waals surface area contributed by atoms with Gasteiger partial charge in [-0.25, -0.2) is 0 Å². The van der Waals surface area contributed by atoms with Crippen molar-refractivity contribution < 1.29 is 19.1 Å². The predicted octanol–water partition coefficient (Wildman–Crippen LogP) is 3.31. The molecule has 1 aromatic rings. The van der Waals surface area contributed by atoms with Gasteiger partial charge in [-0.2, -0.15) is 0 Å². The molecule has 0 aliphatic carbocycles. The van der Waals surface area contributed by atoms with E-state index in [9.17, 15) is 9.59 Å². The summed E-state index contributed by atoms with van der Waals surface area (Å²) < 4.78 is 10.3. The van der Waals surface area contributed by atoms with Crippen LogP contribution in [0.15, 0.2) is 30.3 Å². The zero-order valence-electron chi connectivity index (χ0n) is 13.0. The van der Waals surface area contributed by atoms with Crippen molar-refractivity contribution in [3.63, 3.8) is 0 Å². The summed E-state index contributed by atoms with van der Waals surface area (Å²) >= 11 is 0. The first kappa shape index (κ1) is 17.2. The Morgan fingerprint density at radius 2 is 1.43 bits per heavy atom. The molecule has 0 spiro atoms. The van der Waals surface area contributed by atoms with E-state index in [2.05, 4.69) is 0 Å². The van der Waals surface area contributed by atoms with E-state index >= 15 is 0 Å². The zero-order chi connectivity index (χ0) is 15.7. The van der Waals surface area contributed by atoms with Gasteiger partial charge >= 0.3 is 11.9 Å². The van der Waals surface area contributed by atoms with E-state index in [1.54, 1.807) is 0 Å². The lowest BCUT2D eigenvalue weighted by atomic mass is 9.87. The first-order chi connectivity index (χ1) is 10.1. The Morgan fingerprint density at radius 1 is 0.952 bits per heavy atom. The molecular formula is C17H24O4. The highest BCUT2D eigenvalue weighted by Gasteiger charge is 2.35. The maximum absolute atomic E-state index is 12.2. The van der Waals surface area contributed by atoms with Gasteiger partial charge in [0.2, 0.25) is 0 Å². The van der Waals surface area contributed by atoms with Gasteiger partial charge in [0, 0.05) is 5.92 Å². The largest absolute Gasteiger partial charge is 0.465 e. The highest BCUT2D eigenvalue weighted by atomic mass is 16.6. The number of carbonyl (C=O) groups is 2. The van der Waals surface area contributed by atoms with Gasteiger partial charge in [0.25, 0.3) is 0 Å². The molecule has 1 atom stereocenters. The molecule has 0 heterocycles. The summed E-state index contributed by atoms with van der Waals surface area (Å²) in [6, 6.07) is 9.47. The predicted molar refractivity (Wildman–Crippen MR) is 80.8 cm³/mol. The molecule has 4 nitrogen and oxygen atoms in total. The first-order valence-corrected chi connectivity index (χ1v) is 7.50. The first-order valence-electron chi connectivity index (χ1n) is 7.50. The molecule has 4 heteroatoms. The summed E-state index contributed by atoms with van der Waals surface area (Å²) in [5.74, 6) is -2.20. The highest BCUT2D eigenvalue weighted by Crippen LogP contribution is 2.26. The topological polar surface area (TPSA) is 52.6 Å². The number of carbonyl (C=O) groups excluding carboxylic acids is 2. The third-order valence-corrected chi connectivity index (χ3v) is 3.23. The SMILES string of the molecule is CCCOC(=O)C(C(=O)OCCC)C(C)c1ccccc1. The molecule has 0 fully saturated rings. The van der Waals surface area contributed by atoms with E-state index in [1.807, 2.05) is 51.1 Å². The maximum Gasteiger partial charge on any atom is 0.320 e. The van der Waals surface area contributed by atoms with Crippen molar-refractivity contribution in [2.45, 2.75) is 39.5 Å². The number of hydrogen-bond donors (Lipinski definition) is 0. The number of esters is 2. The molecule has 0 aliphatic heterocycles. The summed E-state index contributed by atoms with van der Waals surface area (Å²) in [6.45, 7) is 6.31. The summed E-state index contributed by atoms with van der Waals surface area (Å²) in [5, 5.41) is 0. The van der Waals surface area contributed by atoms with Crippen LogP contribution < -0.4 is 0 Å². The van der Waals surface area contributed by atoms with Gasteiger partial charge in [-0.3, -0.25) is 9.59 Å². The second kappa shape index (κ2) is 9.16. The van der Waals surface area contributed by atoms with Crippen LogP contribution in [0.3, 0.4) is 0 Å². The lowest BCUT2D eigenvalue weighted by Crippen LogP contribution is -2.32. The molecule has 0 amide bonds. The highest BCUT2D eigenvalue weighted by molar-refractivity contribution is 5.96. The lowest BCUT2D eigenvalue weighted by Gasteiger charge is -2.21. The molecule has 0 N–H and O–H groups in total. The normalized spacial score (nSPS) is 12.0. The Kier molecular flexibility index (Phi) is 7.51. The molecule has 1 rings (SSSR count). The number of hydrogen-bond acceptors (Lipinski definition) is 4. The van der Waals surface area contributed by atoms with Gasteiger partial charge in [-0.1, -0.05) is 51.1 Å². The molecule has 21 heavy (non-hydrogen) atoms. The Labute approximate surface area is 126 Å². The maximum atomic E-state index is 12.2. The summed E-state index contributed by atoms with van der Waals surface area (Å²) in [4.78, 5) is 24.4. The smallest absolute Gasteiger partial charge is 0.320 e. The second-order valence-corrected chi connectivity index (χ2v) is 5.01. The molecule has 1 unspecified atom stereocenters. The quantitative estimate of drug-likeness (QED) is 0.545. The van der Waals surface area contributed by atoms with Crippen LogP contribution in [0.2, 0.25) is 0 Å². The van der Waals surface area contributed by atoms with Gasteiger partial charge in [0.1, 0.15) is 0 Å². The van der Waals surface area contributed by atoms with Gasteiger partial charge in [0.05, 0.1) is 13.2 Å². The summed E-state index contributed by atoms with van der Waals surface area (Å²) in [5.41, 5.74) is 0.921. The molecule has 116 valence electrons. The van der Waals surface area contributed by atoms with Crippen molar-refractivity contribution >= 4 is 11.9 Å².